The van der Waals surface area contributed by atoms with Crippen molar-refractivity contribution in [1.29, 1.82) is 0 Å². The van der Waals surface area contributed by atoms with Crippen LogP contribution >= 0.6 is 95.9 Å². The normalized spacial score (nSPS) is 16.1. The molecule has 7 rings (SSSR count). The summed E-state index contributed by atoms with van der Waals surface area (Å²) in [6.07, 6.45) is 3.87. The lowest BCUT2D eigenvalue weighted by Crippen LogP contribution is -2.44. The van der Waals surface area contributed by atoms with Crippen LogP contribution in [0.4, 0.5) is 5.69 Å². The Morgan fingerprint density at radius 3 is 1.06 bits per heavy atom. The summed E-state index contributed by atoms with van der Waals surface area (Å²) < 4.78 is 37.4. The maximum atomic E-state index is 14.1. The molecule has 478 valence electrons. The predicted molar refractivity (Wildman–Crippen MR) is 358 cm³/mol. The lowest BCUT2D eigenvalue weighted by molar-refractivity contribution is -0.129. The molecule has 0 bridgehead atoms. The van der Waals surface area contributed by atoms with E-state index in [4.69, 9.17) is 77.3 Å². The monoisotopic (exact) mass is 1360 g/mol. The molecule has 0 saturated carbocycles. The van der Waals surface area contributed by atoms with E-state index in [1.54, 1.807) is 24.5 Å². The zero-order valence-electron chi connectivity index (χ0n) is 48.7. The third kappa shape index (κ3) is 23.6. The molecule has 0 aliphatic carbocycles. The smallest absolute Gasteiger partial charge is 0.230 e. The number of carbonyl (C=O) groups excluding carboxylic acids is 8. The van der Waals surface area contributed by atoms with Crippen LogP contribution in [0.25, 0.3) is 12.2 Å². The number of hydrogen-bond acceptors (Lipinski definition) is 22. The fraction of sp³-hybridized carbons (Fsp3) is 0.552. The van der Waals surface area contributed by atoms with Crippen LogP contribution in [0, 0.1) is 0 Å². The fourth-order valence-electron chi connectivity index (χ4n) is 9.36. The predicted octanol–water partition coefficient (Wildman–Crippen LogP) is 4.82. The van der Waals surface area contributed by atoms with Gasteiger partial charge in [0.25, 0.3) is 0 Å². The minimum Gasteiger partial charge on any atom is -0.379 e. The number of benzene rings is 2. The van der Waals surface area contributed by atoms with Gasteiger partial charge < -0.3 is 49.3 Å². The summed E-state index contributed by atoms with van der Waals surface area (Å²) in [4.78, 5) is 114. The minimum atomic E-state index is -0.780. The molecular formula is C58H74N8O14S8. The lowest BCUT2D eigenvalue weighted by Gasteiger charge is -2.27. The van der Waals surface area contributed by atoms with E-state index in [0.717, 1.165) is 45.4 Å². The van der Waals surface area contributed by atoms with Gasteiger partial charge in [0, 0.05) is 74.9 Å². The molecule has 0 aromatic heterocycles. The van der Waals surface area contributed by atoms with Gasteiger partial charge in [-0.2, -0.15) is 0 Å². The number of amides is 8. The van der Waals surface area contributed by atoms with Gasteiger partial charge in [0.1, 0.15) is 17.3 Å². The molecule has 2 aromatic rings. The first-order valence-corrected chi connectivity index (χ1v) is 34.6. The van der Waals surface area contributed by atoms with Crippen molar-refractivity contribution in [3.05, 3.63) is 65.2 Å². The molecular weight excluding hydrogens is 1290 g/mol. The third-order valence-corrected chi connectivity index (χ3v) is 19.7. The lowest BCUT2D eigenvalue weighted by atomic mass is 10.0. The average molecular weight is 1360 g/mol. The Hall–Kier alpha value is -4.54. The van der Waals surface area contributed by atoms with Gasteiger partial charge in [-0.05, 0) is 22.8 Å². The van der Waals surface area contributed by atoms with Crippen LogP contribution in [0.2, 0.25) is 0 Å². The number of fused-ring (bicyclic) bond motifs is 2. The second-order valence-corrected chi connectivity index (χ2v) is 27.4. The zero-order valence-corrected chi connectivity index (χ0v) is 55.3. The zero-order chi connectivity index (χ0) is 62.6. The van der Waals surface area contributed by atoms with Crippen LogP contribution in [0.3, 0.4) is 0 Å². The Balaban J connectivity index is 0.919. The number of nitrogens with zero attached hydrogens (tertiary/aromatic N) is 5. The Bertz CT molecular complexity index is 2650. The average Bonchev–Trinajstić information content (AvgIpc) is 2.29. The first kappa shape index (κ1) is 70.9. The summed E-state index contributed by atoms with van der Waals surface area (Å²) in [5.41, 5.74) is 3.51. The van der Waals surface area contributed by atoms with Gasteiger partial charge in [0.15, 0.2) is 0 Å². The number of rotatable bonds is 36. The number of carbonyl (C=O) groups is 8. The van der Waals surface area contributed by atoms with Crippen molar-refractivity contribution in [2.45, 2.75) is 76.0 Å². The highest BCUT2D eigenvalue weighted by Crippen LogP contribution is 2.30. The quantitative estimate of drug-likeness (QED) is 0.0612. The van der Waals surface area contributed by atoms with Crippen LogP contribution in [-0.4, -0.2) is 231 Å². The number of thiocarbonyl (C=S) groups is 4. The molecule has 0 atom stereocenters. The molecule has 5 heterocycles. The van der Waals surface area contributed by atoms with Crippen molar-refractivity contribution in [1.82, 2.24) is 35.6 Å². The van der Waals surface area contributed by atoms with E-state index >= 15 is 0 Å². The highest BCUT2D eigenvalue weighted by Gasteiger charge is 2.29. The largest absolute Gasteiger partial charge is 0.379 e. The van der Waals surface area contributed by atoms with E-state index < -0.39 is 35.8 Å². The molecule has 4 saturated heterocycles. The van der Waals surface area contributed by atoms with Gasteiger partial charge in [-0.15, -0.1) is 0 Å². The van der Waals surface area contributed by atoms with Crippen molar-refractivity contribution in [3.63, 3.8) is 0 Å². The first-order valence-electron chi connectivity index (χ1n) is 29.0. The maximum absolute atomic E-state index is 14.1. The second-order valence-electron chi connectivity index (χ2n) is 20.5. The summed E-state index contributed by atoms with van der Waals surface area (Å²) >= 11 is 26.9. The van der Waals surface area contributed by atoms with E-state index in [0.29, 0.717) is 50.0 Å². The summed E-state index contributed by atoms with van der Waals surface area (Å²) in [6, 6.07) is 13.3. The van der Waals surface area contributed by atoms with Crippen molar-refractivity contribution in [2.24, 2.45) is 0 Å². The molecule has 2 aromatic carbocycles. The van der Waals surface area contributed by atoms with Crippen molar-refractivity contribution < 1.29 is 66.8 Å². The SMILES string of the molecule is O=C(CCOCC(COCCC(=O)NC(COCCC(=O)N1CCSC1=S)COCCC(=O)N1CCSC1=S)NC(=O)CCC(=O)N1Cc2ccccc2/C=C\c2ccccc21)NC(COCCC(=O)N1CCSC1=S)COCCC(=O)N1CCSC1=S. The van der Waals surface area contributed by atoms with Gasteiger partial charge >= 0.3 is 0 Å². The van der Waals surface area contributed by atoms with Crippen LogP contribution in [0.5, 0.6) is 0 Å². The van der Waals surface area contributed by atoms with Crippen LogP contribution in [0.1, 0.15) is 68.1 Å². The molecule has 4 fully saturated rings. The van der Waals surface area contributed by atoms with Crippen LogP contribution in [0.15, 0.2) is 48.5 Å². The summed E-state index contributed by atoms with van der Waals surface area (Å²) in [5.74, 6) is 0.839. The third-order valence-electron chi connectivity index (χ3n) is 14.0. The summed E-state index contributed by atoms with van der Waals surface area (Å²) in [5, 5.41) is 8.73. The number of para-hydroxylation sites is 1. The van der Waals surface area contributed by atoms with E-state index in [9.17, 15) is 38.4 Å². The van der Waals surface area contributed by atoms with E-state index in [1.807, 2.05) is 60.7 Å². The molecule has 8 amide bonds. The van der Waals surface area contributed by atoms with Crippen LogP contribution < -0.4 is 20.9 Å². The van der Waals surface area contributed by atoms with Crippen molar-refractivity contribution in [2.75, 3.05) is 133 Å². The van der Waals surface area contributed by atoms with E-state index in [1.165, 1.54) is 47.0 Å². The Morgan fingerprint density at radius 2 is 0.693 bits per heavy atom. The Kier molecular flexibility index (Phi) is 30.9. The molecule has 5 aliphatic heterocycles. The highest BCUT2D eigenvalue weighted by molar-refractivity contribution is 8.24. The number of thioether (sulfide) groups is 4. The number of hydrogen-bond donors (Lipinski definition) is 3. The Morgan fingerprint density at radius 1 is 0.386 bits per heavy atom. The Labute approximate surface area is 551 Å². The minimum absolute atomic E-state index is 0.00945. The van der Waals surface area contributed by atoms with Gasteiger partial charge in [-0.1, -0.05) is 151 Å². The van der Waals surface area contributed by atoms with Gasteiger partial charge in [0.05, 0.1) is 135 Å². The van der Waals surface area contributed by atoms with Gasteiger partial charge in [-0.25, -0.2) is 0 Å². The first-order chi connectivity index (χ1) is 42.6. The maximum Gasteiger partial charge on any atom is 0.230 e. The van der Waals surface area contributed by atoms with E-state index in [2.05, 4.69) is 16.0 Å². The second kappa shape index (κ2) is 38.3. The topological polar surface area (TPSA) is 244 Å². The molecule has 0 spiro atoms. The number of anilines is 1. The standard InChI is InChI=1S/C58H74N8O14S8/c67-47(11-12-50(70)66-33-42-7-2-1-5-40(42)9-10-41-6-3-4-8-46(41)66)59-43(34-75-23-13-48(68)60-44(36-77-25-15-51(71)62-19-29-85-55(62)81)37-78-26-16-52(72)63-20-30-86-56(63)82)35-76-24-14-49(69)61-45(38-79-27-17-53(73)64-21-31-87-57(64)83)39-80-28-18-54(74)65-22-32-88-58(65)84/h1-10,43-45H,11-39H2,(H,59,67)(H,60,68)(H,61,69)/b10-9-. The molecule has 0 unspecified atom stereocenters. The molecule has 88 heavy (non-hydrogen) atoms. The van der Waals surface area contributed by atoms with Crippen molar-refractivity contribution >= 4 is 178 Å². The molecule has 0 radical (unpaired) electrons. The number of ether oxygens (including phenoxy) is 6. The summed E-state index contributed by atoms with van der Waals surface area (Å²) in [7, 11) is 0. The molecule has 5 aliphatic rings. The highest BCUT2D eigenvalue weighted by atomic mass is 32.2. The van der Waals surface area contributed by atoms with Crippen LogP contribution in [-0.2, 0) is 73.3 Å². The van der Waals surface area contributed by atoms with Crippen molar-refractivity contribution in [3.8, 4) is 0 Å². The molecule has 3 N–H and O–H groups in total. The van der Waals surface area contributed by atoms with Gasteiger partial charge in [0.2, 0.25) is 47.3 Å². The molecule has 30 heteroatoms. The molecule has 22 nitrogen and oxygen atoms in total. The summed E-state index contributed by atoms with van der Waals surface area (Å²) in [6.45, 7) is 2.45. The number of nitrogens with one attached hydrogen (secondary N) is 3. The van der Waals surface area contributed by atoms with E-state index in [-0.39, 0.29) is 160 Å². The fourth-order valence-corrected chi connectivity index (χ4v) is 14.3. The van der Waals surface area contributed by atoms with Gasteiger partial charge in [-0.3, -0.25) is 58.0 Å².